The molecule has 1 amide bonds. The zero-order chi connectivity index (χ0) is 20.1. The van der Waals surface area contributed by atoms with Gasteiger partial charge in [-0.2, -0.15) is 13.2 Å². The fraction of sp³-hybridized carbons (Fsp3) is 0.278. The topological polar surface area (TPSA) is 66.7 Å². The Morgan fingerprint density at radius 2 is 2.07 bits per heavy atom. The number of benzene rings is 1. The van der Waals surface area contributed by atoms with E-state index in [9.17, 15) is 18.0 Å². The Bertz CT molecular complexity index is 840. The highest BCUT2D eigenvalue weighted by Gasteiger charge is 2.44. The van der Waals surface area contributed by atoms with E-state index in [1.165, 1.54) is 12.3 Å². The minimum absolute atomic E-state index is 0.156. The highest BCUT2D eigenvalue weighted by molar-refractivity contribution is 6.33. The second-order valence-electron chi connectivity index (χ2n) is 5.91. The quantitative estimate of drug-likeness (QED) is 0.725. The Labute approximate surface area is 163 Å². The van der Waals surface area contributed by atoms with Crippen LogP contribution in [0.5, 0.6) is 0 Å². The molecule has 28 heavy (non-hydrogen) atoms. The lowest BCUT2D eigenvalue weighted by atomic mass is 10.3. The van der Waals surface area contributed by atoms with Crippen LogP contribution in [-0.2, 0) is 16.0 Å². The standard InChI is InChI=1S/C18H17ClF3N3O3/c19-13-5-1-2-6-14(13)25-17(10-15(24-25)18(20,21)22)28-11-16(26)23-8-7-12-4-3-9-27-12/h1-6,9-10,15,24H,7-8,11H2,(H,23,26). The molecule has 2 heterocycles. The predicted molar refractivity (Wildman–Crippen MR) is 96.4 cm³/mol. The van der Waals surface area contributed by atoms with Crippen LogP contribution in [0.4, 0.5) is 18.9 Å². The van der Waals surface area contributed by atoms with E-state index in [4.69, 9.17) is 20.8 Å². The smallest absolute Gasteiger partial charge is 0.409 e. The number of rotatable bonds is 7. The van der Waals surface area contributed by atoms with Gasteiger partial charge in [0.1, 0.15) is 11.8 Å². The number of alkyl halides is 3. The van der Waals surface area contributed by atoms with Crippen LogP contribution in [0.25, 0.3) is 0 Å². The number of ether oxygens (including phenoxy) is 1. The third kappa shape index (κ3) is 4.99. The normalized spacial score (nSPS) is 16.8. The summed E-state index contributed by atoms with van der Waals surface area (Å²) in [7, 11) is 0. The summed E-state index contributed by atoms with van der Waals surface area (Å²) in [5.74, 6) is 0.0838. The molecule has 150 valence electrons. The maximum Gasteiger partial charge on any atom is 0.409 e. The number of hydrazine groups is 1. The van der Waals surface area contributed by atoms with Crippen molar-refractivity contribution < 1.29 is 27.1 Å². The SMILES string of the molecule is O=C(COC1=CC(C(F)(F)F)NN1c1ccccc1Cl)NCCc1ccco1. The Balaban J connectivity index is 1.61. The zero-order valence-corrected chi connectivity index (χ0v) is 15.3. The van der Waals surface area contributed by atoms with Crippen LogP contribution < -0.4 is 15.8 Å². The molecule has 0 saturated carbocycles. The number of para-hydroxylation sites is 1. The predicted octanol–water partition coefficient (Wildman–Crippen LogP) is 3.41. The van der Waals surface area contributed by atoms with Crippen molar-refractivity contribution in [1.82, 2.24) is 10.7 Å². The van der Waals surface area contributed by atoms with Crippen molar-refractivity contribution in [3.63, 3.8) is 0 Å². The summed E-state index contributed by atoms with van der Waals surface area (Å²) in [6.45, 7) is -0.135. The summed E-state index contributed by atoms with van der Waals surface area (Å²) >= 11 is 6.08. The van der Waals surface area contributed by atoms with E-state index < -0.39 is 24.7 Å². The molecule has 6 nitrogen and oxygen atoms in total. The van der Waals surface area contributed by atoms with E-state index in [0.29, 0.717) is 18.7 Å². The van der Waals surface area contributed by atoms with Gasteiger partial charge in [-0.3, -0.25) is 4.79 Å². The molecule has 2 aromatic rings. The number of nitrogens with zero attached hydrogens (tertiary/aromatic N) is 1. The fourth-order valence-electron chi connectivity index (χ4n) is 2.53. The maximum absolute atomic E-state index is 13.1. The van der Waals surface area contributed by atoms with E-state index in [1.807, 2.05) is 0 Å². The van der Waals surface area contributed by atoms with Gasteiger partial charge in [0.15, 0.2) is 6.61 Å². The number of hydrogen-bond acceptors (Lipinski definition) is 5. The van der Waals surface area contributed by atoms with Gasteiger partial charge >= 0.3 is 6.18 Å². The molecule has 0 bridgehead atoms. The highest BCUT2D eigenvalue weighted by atomic mass is 35.5. The third-order valence-corrected chi connectivity index (χ3v) is 4.19. The number of amides is 1. The van der Waals surface area contributed by atoms with Crippen molar-refractivity contribution in [3.8, 4) is 0 Å². The van der Waals surface area contributed by atoms with Crippen LogP contribution >= 0.6 is 11.6 Å². The van der Waals surface area contributed by atoms with Crippen LogP contribution in [0.1, 0.15) is 5.76 Å². The van der Waals surface area contributed by atoms with Crippen LogP contribution in [0.2, 0.25) is 5.02 Å². The van der Waals surface area contributed by atoms with E-state index in [2.05, 4.69) is 10.7 Å². The van der Waals surface area contributed by atoms with Crippen LogP contribution in [-0.4, -0.2) is 31.3 Å². The minimum atomic E-state index is -4.53. The molecule has 0 fully saturated rings. The van der Waals surface area contributed by atoms with Gasteiger partial charge in [-0.15, -0.1) is 0 Å². The molecule has 1 aromatic heterocycles. The molecular formula is C18H17ClF3N3O3. The summed E-state index contributed by atoms with van der Waals surface area (Å²) < 4.78 is 49.8. The van der Waals surface area contributed by atoms with Gasteiger partial charge in [-0.1, -0.05) is 23.7 Å². The lowest BCUT2D eigenvalue weighted by molar-refractivity contribution is -0.142. The second kappa shape index (κ2) is 8.57. The number of hydrogen-bond donors (Lipinski definition) is 2. The number of furan rings is 1. The second-order valence-corrected chi connectivity index (χ2v) is 6.32. The summed E-state index contributed by atoms with van der Waals surface area (Å²) in [6, 6.07) is 7.91. The molecule has 0 spiro atoms. The molecule has 1 atom stereocenters. The maximum atomic E-state index is 13.1. The first kappa shape index (κ1) is 20.1. The molecule has 1 unspecified atom stereocenters. The van der Waals surface area contributed by atoms with Gasteiger partial charge in [-0.05, 0) is 24.3 Å². The number of nitrogens with one attached hydrogen (secondary N) is 2. The summed E-state index contributed by atoms with van der Waals surface area (Å²) in [5.41, 5.74) is 2.56. The number of anilines is 1. The largest absolute Gasteiger partial charge is 0.469 e. The Morgan fingerprint density at radius 3 is 2.75 bits per heavy atom. The Hall–Kier alpha value is -2.65. The van der Waals surface area contributed by atoms with Crippen molar-refractivity contribution in [2.24, 2.45) is 0 Å². The van der Waals surface area contributed by atoms with Crippen molar-refractivity contribution in [2.75, 3.05) is 18.2 Å². The van der Waals surface area contributed by atoms with Crippen LogP contribution in [0.3, 0.4) is 0 Å². The van der Waals surface area contributed by atoms with Crippen molar-refractivity contribution in [3.05, 3.63) is 65.4 Å². The summed E-state index contributed by atoms with van der Waals surface area (Å²) in [5, 5.41) is 3.93. The summed E-state index contributed by atoms with van der Waals surface area (Å²) in [6.07, 6.45) is -1.65. The van der Waals surface area contributed by atoms with Crippen molar-refractivity contribution in [1.29, 1.82) is 0 Å². The average Bonchev–Trinajstić information content (AvgIpc) is 3.30. The average molecular weight is 416 g/mol. The molecule has 1 aliphatic heterocycles. The molecule has 0 saturated heterocycles. The van der Waals surface area contributed by atoms with Crippen molar-refractivity contribution >= 4 is 23.2 Å². The van der Waals surface area contributed by atoms with Gasteiger partial charge < -0.3 is 14.5 Å². The van der Waals surface area contributed by atoms with Gasteiger partial charge in [0.25, 0.3) is 5.91 Å². The Morgan fingerprint density at radius 1 is 1.29 bits per heavy atom. The lowest BCUT2D eigenvalue weighted by Crippen LogP contribution is -2.45. The van der Waals surface area contributed by atoms with E-state index in [1.54, 1.807) is 30.3 Å². The fourth-order valence-corrected chi connectivity index (χ4v) is 2.75. The molecule has 0 radical (unpaired) electrons. The van der Waals surface area contributed by atoms with Gasteiger partial charge in [0.2, 0.25) is 5.88 Å². The van der Waals surface area contributed by atoms with Crippen LogP contribution in [0, 0.1) is 0 Å². The van der Waals surface area contributed by atoms with Crippen molar-refractivity contribution in [2.45, 2.75) is 18.6 Å². The minimum Gasteiger partial charge on any atom is -0.469 e. The van der Waals surface area contributed by atoms with E-state index in [0.717, 1.165) is 11.1 Å². The molecular weight excluding hydrogens is 399 g/mol. The van der Waals surface area contributed by atoms with E-state index in [-0.39, 0.29) is 16.6 Å². The monoisotopic (exact) mass is 415 g/mol. The molecule has 1 aromatic carbocycles. The first-order valence-electron chi connectivity index (χ1n) is 8.36. The number of carbonyl (C=O) groups excluding carboxylic acids is 1. The zero-order valence-electron chi connectivity index (χ0n) is 14.5. The first-order chi connectivity index (χ1) is 13.3. The number of carbonyl (C=O) groups is 1. The highest BCUT2D eigenvalue weighted by Crippen LogP contribution is 2.33. The molecule has 1 aliphatic rings. The summed E-state index contributed by atoms with van der Waals surface area (Å²) in [4.78, 5) is 11.9. The molecule has 10 heteroatoms. The first-order valence-corrected chi connectivity index (χ1v) is 8.73. The molecule has 3 rings (SSSR count). The number of halogens is 4. The third-order valence-electron chi connectivity index (χ3n) is 3.87. The van der Waals surface area contributed by atoms with Crippen LogP contribution in [0.15, 0.2) is 59.0 Å². The van der Waals surface area contributed by atoms with Gasteiger partial charge in [-0.25, -0.2) is 10.4 Å². The lowest BCUT2D eigenvalue weighted by Gasteiger charge is -2.25. The van der Waals surface area contributed by atoms with E-state index >= 15 is 0 Å². The Kier molecular flexibility index (Phi) is 6.15. The van der Waals surface area contributed by atoms with Gasteiger partial charge in [0.05, 0.1) is 17.0 Å². The van der Waals surface area contributed by atoms with Gasteiger partial charge in [0, 0.05) is 19.0 Å². The molecule has 2 N–H and O–H groups in total. The molecule has 0 aliphatic carbocycles.